The molecule has 9 heavy (non-hydrogen) atoms. The van der Waals surface area contributed by atoms with Gasteiger partial charge in [-0.1, -0.05) is 26.2 Å². The first-order valence-corrected chi connectivity index (χ1v) is 3.88. The van der Waals surface area contributed by atoms with Gasteiger partial charge < -0.3 is 17.4 Å². The number of carbonyl (C=O) groups is 1. The summed E-state index contributed by atoms with van der Waals surface area (Å²) >= 11 is 4.39. The number of rotatable bonds is 5. The van der Waals surface area contributed by atoms with E-state index >= 15 is 0 Å². The third-order valence-corrected chi connectivity index (χ3v) is 1.44. The summed E-state index contributed by atoms with van der Waals surface area (Å²) in [6.07, 6.45) is 5.17. The second kappa shape index (κ2) is 6.02. The summed E-state index contributed by atoms with van der Waals surface area (Å²) in [4.78, 5) is 10.2. The van der Waals surface area contributed by atoms with E-state index in [1.54, 1.807) is 0 Å². The molecule has 0 aliphatic rings. The molecular formula is C7H13OS-. The normalized spacial score (nSPS) is 9.44. The van der Waals surface area contributed by atoms with E-state index in [2.05, 4.69) is 19.6 Å². The topological polar surface area (TPSA) is 17.1 Å². The van der Waals surface area contributed by atoms with Gasteiger partial charge in [-0.2, -0.15) is 0 Å². The number of hydrogen-bond donors (Lipinski definition) is 0. The molecule has 0 saturated heterocycles. The van der Waals surface area contributed by atoms with E-state index in [-0.39, 0.29) is 5.12 Å². The molecule has 0 aromatic heterocycles. The van der Waals surface area contributed by atoms with Gasteiger partial charge in [-0.3, -0.25) is 0 Å². The Hall–Kier alpha value is -0.110. The predicted octanol–water partition coefficient (Wildman–Crippen LogP) is 2.03. The molecule has 0 aromatic rings. The van der Waals surface area contributed by atoms with Crippen molar-refractivity contribution in [2.24, 2.45) is 0 Å². The van der Waals surface area contributed by atoms with E-state index in [1.165, 1.54) is 12.8 Å². The van der Waals surface area contributed by atoms with E-state index in [0.29, 0.717) is 6.42 Å². The lowest BCUT2D eigenvalue weighted by atomic mass is 10.2. The summed E-state index contributed by atoms with van der Waals surface area (Å²) in [7, 11) is 0. The molecule has 2 heteroatoms. The van der Waals surface area contributed by atoms with Gasteiger partial charge in [0.05, 0.1) is 0 Å². The molecule has 0 rings (SSSR count). The van der Waals surface area contributed by atoms with Crippen LogP contribution in [0.2, 0.25) is 0 Å². The Morgan fingerprint density at radius 1 is 1.33 bits per heavy atom. The Morgan fingerprint density at radius 2 is 2.00 bits per heavy atom. The first-order valence-electron chi connectivity index (χ1n) is 3.47. The summed E-state index contributed by atoms with van der Waals surface area (Å²) in [5.74, 6) is 0. The predicted molar refractivity (Wildman–Crippen MR) is 41.1 cm³/mol. The van der Waals surface area contributed by atoms with Gasteiger partial charge in [-0.15, -0.1) is 0 Å². The highest BCUT2D eigenvalue weighted by atomic mass is 32.1. The van der Waals surface area contributed by atoms with Gasteiger partial charge in [0.25, 0.3) is 0 Å². The van der Waals surface area contributed by atoms with Gasteiger partial charge in [0.2, 0.25) is 0 Å². The van der Waals surface area contributed by atoms with Gasteiger partial charge in [0, 0.05) is 5.12 Å². The van der Waals surface area contributed by atoms with Crippen molar-refractivity contribution in [2.45, 2.75) is 39.0 Å². The zero-order valence-corrected chi connectivity index (χ0v) is 6.67. The molecule has 0 spiro atoms. The first kappa shape index (κ1) is 8.89. The van der Waals surface area contributed by atoms with Gasteiger partial charge in [-0.25, -0.2) is 0 Å². The monoisotopic (exact) mass is 145 g/mol. The highest BCUT2D eigenvalue weighted by Crippen LogP contribution is 2.01. The van der Waals surface area contributed by atoms with Crippen LogP contribution in [0.1, 0.15) is 39.0 Å². The van der Waals surface area contributed by atoms with Crippen LogP contribution in [0.25, 0.3) is 0 Å². The van der Waals surface area contributed by atoms with Crippen molar-refractivity contribution in [3.8, 4) is 0 Å². The number of unbranched alkanes of at least 4 members (excludes halogenated alkanes) is 3. The second-order valence-electron chi connectivity index (χ2n) is 2.18. The Balaban J connectivity index is 2.83. The van der Waals surface area contributed by atoms with Crippen molar-refractivity contribution >= 4 is 17.7 Å². The molecule has 0 heterocycles. The van der Waals surface area contributed by atoms with Crippen molar-refractivity contribution in [1.82, 2.24) is 0 Å². The van der Waals surface area contributed by atoms with Gasteiger partial charge in [0.15, 0.2) is 0 Å². The van der Waals surface area contributed by atoms with Crippen molar-refractivity contribution in [3.05, 3.63) is 0 Å². The van der Waals surface area contributed by atoms with Crippen LogP contribution in [-0.2, 0) is 17.4 Å². The molecule has 0 aliphatic carbocycles. The molecule has 0 fully saturated rings. The van der Waals surface area contributed by atoms with Gasteiger partial charge >= 0.3 is 0 Å². The minimum atomic E-state index is -0.0916. The molecule has 0 unspecified atom stereocenters. The van der Waals surface area contributed by atoms with E-state index < -0.39 is 0 Å². The number of carbonyl (C=O) groups excluding carboxylic acids is 1. The number of hydrogen-bond acceptors (Lipinski definition) is 2. The molecule has 0 aliphatic heterocycles. The zero-order valence-electron chi connectivity index (χ0n) is 5.85. The maximum absolute atomic E-state index is 10.2. The Labute approximate surface area is 62.2 Å². The lowest BCUT2D eigenvalue weighted by molar-refractivity contribution is -0.111. The Morgan fingerprint density at radius 3 is 2.44 bits per heavy atom. The molecular weight excluding hydrogens is 132 g/mol. The second-order valence-corrected chi connectivity index (χ2v) is 2.64. The van der Waals surface area contributed by atoms with Crippen LogP contribution in [0.4, 0.5) is 0 Å². The quantitative estimate of drug-likeness (QED) is 0.435. The summed E-state index contributed by atoms with van der Waals surface area (Å²) in [5.41, 5.74) is 0. The highest BCUT2D eigenvalue weighted by Gasteiger charge is 1.86. The van der Waals surface area contributed by atoms with Crippen LogP contribution in [-0.4, -0.2) is 5.12 Å². The fourth-order valence-corrected chi connectivity index (χ4v) is 0.840. The summed E-state index contributed by atoms with van der Waals surface area (Å²) < 4.78 is 0. The first-order chi connectivity index (χ1) is 4.27. The minimum Gasteiger partial charge on any atom is -0.742 e. The maximum Gasteiger partial charge on any atom is 0.0119 e. The summed E-state index contributed by atoms with van der Waals surface area (Å²) in [6.45, 7) is 2.15. The minimum absolute atomic E-state index is 0.0916. The molecule has 0 bridgehead atoms. The van der Waals surface area contributed by atoms with Crippen LogP contribution in [0, 0.1) is 0 Å². The molecule has 0 atom stereocenters. The van der Waals surface area contributed by atoms with E-state index in [0.717, 1.165) is 12.8 Å². The van der Waals surface area contributed by atoms with E-state index in [4.69, 9.17) is 0 Å². The van der Waals surface area contributed by atoms with Crippen molar-refractivity contribution in [1.29, 1.82) is 0 Å². The molecule has 0 aromatic carbocycles. The van der Waals surface area contributed by atoms with Crippen molar-refractivity contribution in [3.63, 3.8) is 0 Å². The van der Waals surface area contributed by atoms with Crippen LogP contribution in [0.5, 0.6) is 0 Å². The average Bonchev–Trinajstić information content (AvgIpc) is 1.80. The third-order valence-electron chi connectivity index (χ3n) is 1.23. The molecule has 1 nitrogen and oxygen atoms in total. The smallest absolute Gasteiger partial charge is 0.0119 e. The lowest BCUT2D eigenvalue weighted by Crippen LogP contribution is -1.89. The van der Waals surface area contributed by atoms with E-state index in [9.17, 15) is 4.79 Å². The van der Waals surface area contributed by atoms with Gasteiger partial charge in [-0.05, 0) is 12.8 Å². The van der Waals surface area contributed by atoms with Crippen LogP contribution >= 0.6 is 0 Å². The Kier molecular flexibility index (Phi) is 5.94. The van der Waals surface area contributed by atoms with Crippen molar-refractivity contribution in [2.75, 3.05) is 0 Å². The molecule has 0 radical (unpaired) electrons. The Bertz CT molecular complexity index is 81.0. The van der Waals surface area contributed by atoms with Crippen LogP contribution < -0.4 is 0 Å². The highest BCUT2D eigenvalue weighted by molar-refractivity contribution is 7.77. The summed E-state index contributed by atoms with van der Waals surface area (Å²) in [6, 6.07) is 0. The molecule has 0 N–H and O–H groups in total. The summed E-state index contributed by atoms with van der Waals surface area (Å²) in [5, 5.41) is -0.0916. The fraction of sp³-hybridized carbons (Fsp3) is 0.857. The average molecular weight is 145 g/mol. The van der Waals surface area contributed by atoms with Gasteiger partial charge in [0.1, 0.15) is 0 Å². The van der Waals surface area contributed by atoms with Crippen molar-refractivity contribution < 1.29 is 4.79 Å². The standard InChI is InChI=1S/C7H14OS/c1-2-3-4-5-6-7(8)9/h2-6H2,1H3,(H,8,9)/p-1. The maximum atomic E-state index is 10.2. The largest absolute Gasteiger partial charge is 0.742 e. The molecule has 54 valence electrons. The SMILES string of the molecule is CCCCCCC(=O)[S-]. The lowest BCUT2D eigenvalue weighted by Gasteiger charge is -2.01. The molecule has 0 amide bonds. The van der Waals surface area contributed by atoms with E-state index in [1.807, 2.05) is 0 Å². The zero-order chi connectivity index (χ0) is 7.11. The molecule has 0 saturated carbocycles. The fourth-order valence-electron chi connectivity index (χ4n) is 0.696. The third kappa shape index (κ3) is 7.89. The van der Waals surface area contributed by atoms with Crippen LogP contribution in [0.15, 0.2) is 0 Å². The van der Waals surface area contributed by atoms with Crippen LogP contribution in [0.3, 0.4) is 0 Å².